The van der Waals surface area contributed by atoms with Crippen molar-refractivity contribution in [3.05, 3.63) is 29.8 Å². The Kier molecular flexibility index (Phi) is 9.49. The third kappa shape index (κ3) is 7.31. The number of carbonyl (C=O) groups excluding carboxylic acids is 3. The number of methoxy groups -OCH3 is 1. The first-order valence-corrected chi connectivity index (χ1v) is 11.8. The van der Waals surface area contributed by atoms with Crippen molar-refractivity contribution in [3.8, 4) is 0 Å². The SMILES string of the molecule is COCCCNC(=O)C1CCN(CC(=O)Nc2ccccc2C(=O)NC2CCCC2)CC1. The smallest absolute Gasteiger partial charge is 0.253 e. The molecule has 1 aromatic rings. The molecule has 8 nitrogen and oxygen atoms in total. The van der Waals surface area contributed by atoms with Gasteiger partial charge in [0.1, 0.15) is 0 Å². The van der Waals surface area contributed by atoms with Gasteiger partial charge in [-0.15, -0.1) is 0 Å². The summed E-state index contributed by atoms with van der Waals surface area (Å²) in [5.74, 6) is -0.192. The van der Waals surface area contributed by atoms with Gasteiger partial charge in [-0.25, -0.2) is 0 Å². The summed E-state index contributed by atoms with van der Waals surface area (Å²) in [4.78, 5) is 39.7. The number of para-hydroxylation sites is 1. The predicted octanol–water partition coefficient (Wildman–Crippen LogP) is 2.16. The average molecular weight is 445 g/mol. The fourth-order valence-corrected chi connectivity index (χ4v) is 4.44. The van der Waals surface area contributed by atoms with E-state index in [4.69, 9.17) is 4.74 Å². The van der Waals surface area contributed by atoms with Crippen LogP contribution in [-0.2, 0) is 14.3 Å². The molecule has 8 heteroatoms. The molecule has 2 fully saturated rings. The molecule has 1 saturated carbocycles. The van der Waals surface area contributed by atoms with E-state index in [0.29, 0.717) is 37.5 Å². The molecule has 1 aromatic carbocycles. The van der Waals surface area contributed by atoms with Crippen LogP contribution >= 0.6 is 0 Å². The number of rotatable bonds is 10. The van der Waals surface area contributed by atoms with E-state index in [2.05, 4.69) is 20.9 Å². The number of nitrogens with zero attached hydrogens (tertiary/aromatic N) is 1. The highest BCUT2D eigenvalue weighted by atomic mass is 16.5. The molecule has 3 amide bonds. The van der Waals surface area contributed by atoms with Crippen LogP contribution in [0.25, 0.3) is 0 Å². The monoisotopic (exact) mass is 444 g/mol. The first-order chi connectivity index (χ1) is 15.6. The number of ether oxygens (including phenoxy) is 1. The van der Waals surface area contributed by atoms with Gasteiger partial charge in [0.05, 0.1) is 17.8 Å². The number of hydrogen-bond donors (Lipinski definition) is 3. The lowest BCUT2D eigenvalue weighted by Gasteiger charge is -2.30. The van der Waals surface area contributed by atoms with Gasteiger partial charge in [-0.1, -0.05) is 25.0 Å². The average Bonchev–Trinajstić information content (AvgIpc) is 3.30. The van der Waals surface area contributed by atoms with Gasteiger partial charge in [0.2, 0.25) is 11.8 Å². The van der Waals surface area contributed by atoms with E-state index in [9.17, 15) is 14.4 Å². The molecule has 3 rings (SSSR count). The van der Waals surface area contributed by atoms with Crippen LogP contribution in [0.2, 0.25) is 0 Å². The second-order valence-electron chi connectivity index (χ2n) is 8.74. The quantitative estimate of drug-likeness (QED) is 0.480. The number of nitrogens with one attached hydrogen (secondary N) is 3. The molecule has 1 heterocycles. The van der Waals surface area contributed by atoms with E-state index >= 15 is 0 Å². The molecule has 0 bridgehead atoms. The lowest BCUT2D eigenvalue weighted by molar-refractivity contribution is -0.126. The fraction of sp³-hybridized carbons (Fsp3) is 0.625. The zero-order chi connectivity index (χ0) is 22.8. The molecule has 1 aliphatic heterocycles. The first-order valence-electron chi connectivity index (χ1n) is 11.8. The zero-order valence-electron chi connectivity index (χ0n) is 19.0. The normalized spacial score (nSPS) is 17.8. The molecular formula is C24H36N4O4. The number of anilines is 1. The zero-order valence-corrected chi connectivity index (χ0v) is 19.0. The van der Waals surface area contributed by atoms with E-state index in [1.54, 1.807) is 19.2 Å². The summed E-state index contributed by atoms with van der Waals surface area (Å²) in [6.07, 6.45) is 6.61. The van der Waals surface area contributed by atoms with Crippen LogP contribution in [0.15, 0.2) is 24.3 Å². The molecule has 0 unspecified atom stereocenters. The summed E-state index contributed by atoms with van der Waals surface area (Å²) >= 11 is 0. The van der Waals surface area contributed by atoms with Crippen molar-refractivity contribution in [1.82, 2.24) is 15.5 Å². The summed E-state index contributed by atoms with van der Waals surface area (Å²) in [7, 11) is 1.65. The van der Waals surface area contributed by atoms with Gasteiger partial charge < -0.3 is 20.7 Å². The molecule has 1 saturated heterocycles. The molecule has 0 aromatic heterocycles. The van der Waals surface area contributed by atoms with Gasteiger partial charge in [0.15, 0.2) is 0 Å². The number of hydrogen-bond acceptors (Lipinski definition) is 5. The lowest BCUT2D eigenvalue weighted by atomic mass is 9.96. The van der Waals surface area contributed by atoms with Gasteiger partial charge in [-0.2, -0.15) is 0 Å². The van der Waals surface area contributed by atoms with E-state index in [-0.39, 0.29) is 36.2 Å². The Morgan fingerprint density at radius 3 is 2.50 bits per heavy atom. The second kappa shape index (κ2) is 12.6. The number of carbonyl (C=O) groups is 3. The molecule has 1 aliphatic carbocycles. The molecule has 32 heavy (non-hydrogen) atoms. The minimum Gasteiger partial charge on any atom is -0.385 e. The van der Waals surface area contributed by atoms with Crippen LogP contribution in [0.4, 0.5) is 5.69 Å². The van der Waals surface area contributed by atoms with E-state index in [1.807, 2.05) is 12.1 Å². The molecule has 0 spiro atoms. The van der Waals surface area contributed by atoms with Crippen LogP contribution in [0, 0.1) is 5.92 Å². The maximum Gasteiger partial charge on any atom is 0.253 e. The van der Waals surface area contributed by atoms with Crippen molar-refractivity contribution in [3.63, 3.8) is 0 Å². The van der Waals surface area contributed by atoms with E-state index in [0.717, 1.165) is 44.9 Å². The first kappa shape index (κ1) is 24.2. The minimum absolute atomic E-state index is 0.00290. The number of benzene rings is 1. The Balaban J connectivity index is 1.43. The number of amides is 3. The van der Waals surface area contributed by atoms with E-state index in [1.165, 1.54) is 0 Å². The van der Waals surface area contributed by atoms with Crippen molar-refractivity contribution < 1.29 is 19.1 Å². The van der Waals surface area contributed by atoms with Crippen LogP contribution in [0.5, 0.6) is 0 Å². The highest BCUT2D eigenvalue weighted by molar-refractivity contribution is 6.04. The Morgan fingerprint density at radius 2 is 1.78 bits per heavy atom. The van der Waals surface area contributed by atoms with E-state index < -0.39 is 0 Å². The second-order valence-corrected chi connectivity index (χ2v) is 8.74. The van der Waals surface area contributed by atoms with Crippen molar-refractivity contribution in [1.29, 1.82) is 0 Å². The van der Waals surface area contributed by atoms with Crippen LogP contribution in [-0.4, -0.2) is 68.6 Å². The maximum absolute atomic E-state index is 12.7. The number of likely N-dealkylation sites (tertiary alicyclic amines) is 1. The molecule has 0 atom stereocenters. The minimum atomic E-state index is -0.145. The number of piperidine rings is 1. The van der Waals surface area contributed by atoms with Gasteiger partial charge in [0.25, 0.3) is 5.91 Å². The Labute approximate surface area is 190 Å². The van der Waals surface area contributed by atoms with Crippen LogP contribution in [0.3, 0.4) is 0 Å². The molecule has 176 valence electrons. The summed E-state index contributed by atoms with van der Waals surface area (Å²) in [6, 6.07) is 7.37. The summed E-state index contributed by atoms with van der Waals surface area (Å²) in [5.41, 5.74) is 1.04. The Bertz CT molecular complexity index is 771. The third-order valence-electron chi connectivity index (χ3n) is 6.29. The Hall–Kier alpha value is -2.45. The largest absolute Gasteiger partial charge is 0.385 e. The Morgan fingerprint density at radius 1 is 1.06 bits per heavy atom. The van der Waals surface area contributed by atoms with Crippen LogP contribution in [0.1, 0.15) is 55.3 Å². The topological polar surface area (TPSA) is 99.8 Å². The highest BCUT2D eigenvalue weighted by Crippen LogP contribution is 2.21. The molecular weight excluding hydrogens is 408 g/mol. The third-order valence-corrected chi connectivity index (χ3v) is 6.29. The molecule has 2 aliphatic rings. The molecule has 3 N–H and O–H groups in total. The summed E-state index contributed by atoms with van der Waals surface area (Å²) in [6.45, 7) is 2.92. The summed E-state index contributed by atoms with van der Waals surface area (Å²) < 4.78 is 4.99. The predicted molar refractivity (Wildman–Crippen MR) is 123 cm³/mol. The van der Waals surface area contributed by atoms with Gasteiger partial charge in [-0.05, 0) is 57.3 Å². The highest BCUT2D eigenvalue weighted by Gasteiger charge is 2.26. The van der Waals surface area contributed by atoms with Crippen molar-refractivity contribution in [2.75, 3.05) is 45.2 Å². The lowest BCUT2D eigenvalue weighted by Crippen LogP contribution is -2.43. The van der Waals surface area contributed by atoms with Crippen molar-refractivity contribution in [2.45, 2.75) is 51.0 Å². The van der Waals surface area contributed by atoms with Gasteiger partial charge in [-0.3, -0.25) is 19.3 Å². The fourth-order valence-electron chi connectivity index (χ4n) is 4.44. The van der Waals surface area contributed by atoms with Gasteiger partial charge in [0, 0.05) is 32.2 Å². The van der Waals surface area contributed by atoms with Gasteiger partial charge >= 0.3 is 0 Å². The standard InChI is InChI=1S/C24H36N4O4/c1-32-16-6-13-25-23(30)18-11-14-28(15-12-18)17-22(29)27-21-10-5-4-9-20(21)24(31)26-19-7-2-3-8-19/h4-5,9-10,18-19H,2-3,6-8,11-17H2,1H3,(H,25,30)(H,26,31)(H,27,29). The van der Waals surface area contributed by atoms with Crippen LogP contribution < -0.4 is 16.0 Å². The maximum atomic E-state index is 12.7. The van der Waals surface area contributed by atoms with Crippen molar-refractivity contribution in [2.24, 2.45) is 5.92 Å². The summed E-state index contributed by atoms with van der Waals surface area (Å²) in [5, 5.41) is 8.95. The molecule has 0 radical (unpaired) electrons. The van der Waals surface area contributed by atoms with Crippen molar-refractivity contribution >= 4 is 23.4 Å².